The van der Waals surface area contributed by atoms with Crippen molar-refractivity contribution in [1.29, 1.82) is 0 Å². The Hall–Kier alpha value is -0.940. The standard InChI is InChI=1S/C15H26N2O2/c1-12(2)17(8-3-9-18)11-15(19)14-6-4-13(10-16)5-7-14/h4-7,12,15,18-19H,3,8-11,16H2,1-2H3. The zero-order chi connectivity index (χ0) is 14.3. The Balaban J connectivity index is 2.61. The summed E-state index contributed by atoms with van der Waals surface area (Å²) in [6.07, 6.45) is 0.227. The van der Waals surface area contributed by atoms with Gasteiger partial charge >= 0.3 is 0 Å². The van der Waals surface area contributed by atoms with E-state index >= 15 is 0 Å². The van der Waals surface area contributed by atoms with Gasteiger partial charge in [0, 0.05) is 32.3 Å². The molecular formula is C15H26N2O2. The van der Waals surface area contributed by atoms with E-state index in [0.29, 0.717) is 19.1 Å². The molecule has 0 saturated heterocycles. The zero-order valence-corrected chi connectivity index (χ0v) is 11.9. The van der Waals surface area contributed by atoms with Gasteiger partial charge in [-0.25, -0.2) is 0 Å². The monoisotopic (exact) mass is 266 g/mol. The van der Waals surface area contributed by atoms with E-state index in [1.165, 1.54) is 0 Å². The Labute approximate surface area is 115 Å². The van der Waals surface area contributed by atoms with Gasteiger partial charge in [0.1, 0.15) is 0 Å². The lowest BCUT2D eigenvalue weighted by Crippen LogP contribution is -2.35. The van der Waals surface area contributed by atoms with Crippen LogP contribution < -0.4 is 5.73 Å². The van der Waals surface area contributed by atoms with Crippen molar-refractivity contribution in [3.63, 3.8) is 0 Å². The average Bonchev–Trinajstić information content (AvgIpc) is 2.43. The molecule has 0 heterocycles. The summed E-state index contributed by atoms with van der Waals surface area (Å²) < 4.78 is 0. The molecule has 108 valence electrons. The summed E-state index contributed by atoms with van der Waals surface area (Å²) in [6, 6.07) is 8.11. The molecule has 0 radical (unpaired) electrons. The molecule has 0 aromatic heterocycles. The van der Waals surface area contributed by atoms with E-state index in [9.17, 15) is 5.11 Å². The molecule has 0 amide bonds. The van der Waals surface area contributed by atoms with Gasteiger partial charge < -0.3 is 15.9 Å². The number of aliphatic hydroxyl groups is 2. The van der Waals surface area contributed by atoms with Crippen LogP contribution in [0.15, 0.2) is 24.3 Å². The molecule has 0 saturated carbocycles. The Kier molecular flexibility index (Phi) is 7.02. The summed E-state index contributed by atoms with van der Waals surface area (Å²) in [5, 5.41) is 19.2. The maximum Gasteiger partial charge on any atom is 0.0917 e. The van der Waals surface area contributed by atoms with E-state index < -0.39 is 6.10 Å². The molecule has 1 atom stereocenters. The lowest BCUT2D eigenvalue weighted by molar-refractivity contribution is 0.0903. The second-order valence-electron chi connectivity index (χ2n) is 5.13. The maximum atomic E-state index is 10.3. The van der Waals surface area contributed by atoms with Crippen molar-refractivity contribution in [2.24, 2.45) is 5.73 Å². The van der Waals surface area contributed by atoms with Crippen molar-refractivity contribution < 1.29 is 10.2 Å². The van der Waals surface area contributed by atoms with Crippen LogP contribution in [0.3, 0.4) is 0 Å². The van der Waals surface area contributed by atoms with Crippen molar-refractivity contribution in [2.75, 3.05) is 19.7 Å². The number of rotatable bonds is 8. The number of benzene rings is 1. The van der Waals surface area contributed by atoms with Gasteiger partial charge in [0.2, 0.25) is 0 Å². The summed E-state index contributed by atoms with van der Waals surface area (Å²) in [7, 11) is 0. The molecule has 0 fully saturated rings. The first-order valence-corrected chi connectivity index (χ1v) is 6.90. The van der Waals surface area contributed by atoms with E-state index in [1.807, 2.05) is 24.3 Å². The molecule has 0 spiro atoms. The minimum absolute atomic E-state index is 0.185. The first-order valence-electron chi connectivity index (χ1n) is 6.90. The first-order chi connectivity index (χ1) is 9.08. The molecule has 1 rings (SSSR count). The third-order valence-corrected chi connectivity index (χ3v) is 3.34. The largest absolute Gasteiger partial charge is 0.396 e. The molecule has 0 aliphatic carbocycles. The fourth-order valence-electron chi connectivity index (χ4n) is 2.04. The highest BCUT2D eigenvalue weighted by Gasteiger charge is 2.15. The van der Waals surface area contributed by atoms with Crippen LogP contribution in [0.5, 0.6) is 0 Å². The maximum absolute atomic E-state index is 10.3. The lowest BCUT2D eigenvalue weighted by Gasteiger charge is -2.28. The van der Waals surface area contributed by atoms with Gasteiger partial charge in [-0.1, -0.05) is 24.3 Å². The molecule has 4 heteroatoms. The van der Waals surface area contributed by atoms with Gasteiger partial charge in [-0.3, -0.25) is 4.90 Å². The second kappa shape index (κ2) is 8.27. The van der Waals surface area contributed by atoms with Gasteiger partial charge in [-0.2, -0.15) is 0 Å². The highest BCUT2D eigenvalue weighted by atomic mass is 16.3. The summed E-state index contributed by atoms with van der Waals surface area (Å²) in [5.74, 6) is 0. The highest BCUT2D eigenvalue weighted by Crippen LogP contribution is 2.16. The number of hydrogen-bond acceptors (Lipinski definition) is 4. The van der Waals surface area contributed by atoms with Crippen LogP contribution in [0.25, 0.3) is 0 Å². The molecule has 1 unspecified atom stereocenters. The van der Waals surface area contributed by atoms with Crippen molar-refractivity contribution in [3.05, 3.63) is 35.4 Å². The van der Waals surface area contributed by atoms with Crippen molar-refractivity contribution in [1.82, 2.24) is 4.90 Å². The topological polar surface area (TPSA) is 69.7 Å². The first kappa shape index (κ1) is 16.1. The predicted octanol–water partition coefficient (Wildman–Crippen LogP) is 1.27. The molecular weight excluding hydrogens is 240 g/mol. The molecule has 0 bridgehead atoms. The molecule has 4 nitrogen and oxygen atoms in total. The minimum atomic E-state index is -0.507. The van der Waals surface area contributed by atoms with Crippen molar-refractivity contribution >= 4 is 0 Å². The van der Waals surface area contributed by atoms with Crippen LogP contribution in [-0.2, 0) is 6.54 Å². The Morgan fingerprint density at radius 3 is 2.32 bits per heavy atom. The zero-order valence-electron chi connectivity index (χ0n) is 11.9. The Bertz CT molecular complexity index is 352. The van der Waals surface area contributed by atoms with E-state index in [1.54, 1.807) is 0 Å². The van der Waals surface area contributed by atoms with Crippen LogP contribution in [0.4, 0.5) is 0 Å². The fraction of sp³-hybridized carbons (Fsp3) is 0.600. The summed E-state index contributed by atoms with van der Waals surface area (Å²) >= 11 is 0. The third-order valence-electron chi connectivity index (χ3n) is 3.34. The highest BCUT2D eigenvalue weighted by molar-refractivity contribution is 5.24. The van der Waals surface area contributed by atoms with E-state index in [0.717, 1.165) is 24.1 Å². The SMILES string of the molecule is CC(C)N(CCCO)CC(O)c1ccc(CN)cc1. The van der Waals surface area contributed by atoms with Gasteiger partial charge in [0.15, 0.2) is 0 Å². The minimum Gasteiger partial charge on any atom is -0.396 e. The summed E-state index contributed by atoms with van der Waals surface area (Å²) in [5.41, 5.74) is 7.53. The average molecular weight is 266 g/mol. The number of hydrogen-bond donors (Lipinski definition) is 3. The van der Waals surface area contributed by atoms with Crippen LogP contribution in [-0.4, -0.2) is 40.9 Å². The number of nitrogens with zero attached hydrogens (tertiary/aromatic N) is 1. The smallest absolute Gasteiger partial charge is 0.0917 e. The molecule has 0 aliphatic heterocycles. The Morgan fingerprint density at radius 1 is 1.21 bits per heavy atom. The van der Waals surface area contributed by atoms with Crippen molar-refractivity contribution in [2.45, 2.75) is 39.0 Å². The number of aliphatic hydroxyl groups excluding tert-OH is 2. The molecule has 1 aromatic carbocycles. The van der Waals surface area contributed by atoms with Gasteiger partial charge in [0.25, 0.3) is 0 Å². The normalized spacial score (nSPS) is 13.2. The van der Waals surface area contributed by atoms with Gasteiger partial charge in [0.05, 0.1) is 6.10 Å². The third kappa shape index (κ3) is 5.28. The predicted molar refractivity (Wildman–Crippen MR) is 77.7 cm³/mol. The van der Waals surface area contributed by atoms with E-state index in [-0.39, 0.29) is 6.61 Å². The van der Waals surface area contributed by atoms with Crippen LogP contribution in [0, 0.1) is 0 Å². The summed E-state index contributed by atoms with van der Waals surface area (Å²) in [4.78, 5) is 2.18. The van der Waals surface area contributed by atoms with E-state index in [4.69, 9.17) is 10.8 Å². The summed E-state index contributed by atoms with van der Waals surface area (Å²) in [6.45, 7) is 6.28. The molecule has 1 aromatic rings. The fourth-order valence-corrected chi connectivity index (χ4v) is 2.04. The molecule has 4 N–H and O–H groups in total. The van der Waals surface area contributed by atoms with Gasteiger partial charge in [-0.05, 0) is 31.4 Å². The lowest BCUT2D eigenvalue weighted by atomic mass is 10.1. The Morgan fingerprint density at radius 2 is 1.84 bits per heavy atom. The second-order valence-corrected chi connectivity index (χ2v) is 5.13. The quantitative estimate of drug-likeness (QED) is 0.663. The number of nitrogens with two attached hydrogens (primary N) is 1. The van der Waals surface area contributed by atoms with E-state index in [2.05, 4.69) is 18.7 Å². The van der Waals surface area contributed by atoms with Gasteiger partial charge in [-0.15, -0.1) is 0 Å². The van der Waals surface area contributed by atoms with Crippen LogP contribution in [0.2, 0.25) is 0 Å². The molecule has 19 heavy (non-hydrogen) atoms. The van der Waals surface area contributed by atoms with Crippen molar-refractivity contribution in [3.8, 4) is 0 Å². The molecule has 0 aliphatic rings. The van der Waals surface area contributed by atoms with Crippen LogP contribution in [0.1, 0.15) is 37.5 Å². The van der Waals surface area contributed by atoms with Crippen LogP contribution >= 0.6 is 0 Å².